The van der Waals surface area contributed by atoms with Gasteiger partial charge in [-0.05, 0) is 50.3 Å². The average Bonchev–Trinajstić information content (AvgIpc) is 2.89. The van der Waals surface area contributed by atoms with Crippen molar-refractivity contribution in [2.75, 3.05) is 13.1 Å². The van der Waals surface area contributed by atoms with E-state index in [1.54, 1.807) is 32.9 Å². The zero-order valence-electron chi connectivity index (χ0n) is 23.3. The maximum Gasteiger partial charge on any atom is 0.417 e. The van der Waals surface area contributed by atoms with Crippen LogP contribution in [0.1, 0.15) is 56.7 Å². The fourth-order valence-corrected chi connectivity index (χ4v) is 4.71. The number of nitrogens with zero attached hydrogens (tertiary/aromatic N) is 3. The number of pyridine rings is 1. The Labute approximate surface area is 231 Å². The van der Waals surface area contributed by atoms with Gasteiger partial charge in [0.15, 0.2) is 0 Å². The monoisotopic (exact) mass is 562 g/mol. The number of halogens is 5. The molecule has 1 amide bonds. The van der Waals surface area contributed by atoms with Crippen LogP contribution in [0.5, 0.6) is 0 Å². The Morgan fingerprint density at radius 1 is 1.20 bits per heavy atom. The van der Waals surface area contributed by atoms with E-state index in [9.17, 15) is 26.7 Å². The number of benzene rings is 1. The fraction of sp³-hybridized carbons (Fsp3) is 0.433. The Bertz CT molecular complexity index is 1280. The number of aliphatic imine (C=N–C) groups is 1. The molecule has 1 aromatic heterocycles. The lowest BCUT2D eigenvalue weighted by Gasteiger charge is -2.43. The van der Waals surface area contributed by atoms with Gasteiger partial charge in [-0.1, -0.05) is 56.3 Å². The van der Waals surface area contributed by atoms with E-state index in [2.05, 4.69) is 15.3 Å². The topological polar surface area (TPSA) is 57.6 Å². The van der Waals surface area contributed by atoms with Crippen molar-refractivity contribution in [2.24, 2.45) is 10.9 Å². The highest BCUT2D eigenvalue weighted by atomic mass is 19.4. The summed E-state index contributed by atoms with van der Waals surface area (Å²) in [5.41, 5.74) is 1.68. The van der Waals surface area contributed by atoms with E-state index < -0.39 is 48.5 Å². The number of carbonyl (C=O) groups is 1. The minimum Gasteiger partial charge on any atom is -0.368 e. The Balaban J connectivity index is 1.97. The number of allylic oxidation sites excluding steroid dienone is 3. The quantitative estimate of drug-likeness (QED) is 0.270. The van der Waals surface area contributed by atoms with Gasteiger partial charge in [-0.25, -0.2) is 18.8 Å². The molecule has 0 radical (unpaired) electrons. The van der Waals surface area contributed by atoms with Crippen molar-refractivity contribution in [2.45, 2.75) is 65.6 Å². The molecule has 10 heteroatoms. The number of piperidine rings is 1. The van der Waals surface area contributed by atoms with E-state index in [-0.39, 0.29) is 18.1 Å². The molecule has 0 aliphatic carbocycles. The van der Waals surface area contributed by atoms with E-state index in [4.69, 9.17) is 0 Å². The first-order valence-corrected chi connectivity index (χ1v) is 13.2. The van der Waals surface area contributed by atoms with Gasteiger partial charge in [0.25, 0.3) is 11.8 Å². The summed E-state index contributed by atoms with van der Waals surface area (Å²) in [6.45, 7) is 7.43. The van der Waals surface area contributed by atoms with Gasteiger partial charge in [0.2, 0.25) is 0 Å². The molecule has 1 aliphatic rings. The lowest BCUT2D eigenvalue weighted by atomic mass is 9.87. The maximum absolute atomic E-state index is 14.8. The highest BCUT2D eigenvalue weighted by Crippen LogP contribution is 2.36. The van der Waals surface area contributed by atoms with Crippen LogP contribution < -0.4 is 5.32 Å². The lowest BCUT2D eigenvalue weighted by molar-refractivity contribution is -0.0913. The number of hydrogen-bond donors (Lipinski definition) is 1. The van der Waals surface area contributed by atoms with Crippen LogP contribution in [0.25, 0.3) is 11.1 Å². The highest BCUT2D eigenvalue weighted by Gasteiger charge is 2.46. The van der Waals surface area contributed by atoms with Crippen LogP contribution in [0.15, 0.2) is 70.5 Å². The van der Waals surface area contributed by atoms with Crippen molar-refractivity contribution >= 4 is 12.1 Å². The smallest absolute Gasteiger partial charge is 0.368 e. The van der Waals surface area contributed by atoms with E-state index in [1.807, 2.05) is 37.3 Å². The molecule has 216 valence electrons. The normalized spacial score (nSPS) is 20.4. The number of amides is 1. The third-order valence-corrected chi connectivity index (χ3v) is 7.05. The molecule has 1 N–H and O–H groups in total. The molecule has 0 saturated carbocycles. The van der Waals surface area contributed by atoms with Crippen LogP contribution in [-0.2, 0) is 0 Å². The fourth-order valence-electron chi connectivity index (χ4n) is 4.71. The van der Waals surface area contributed by atoms with Gasteiger partial charge < -0.3 is 10.2 Å². The van der Waals surface area contributed by atoms with Gasteiger partial charge in [-0.2, -0.15) is 13.2 Å². The summed E-state index contributed by atoms with van der Waals surface area (Å²) in [5, 5.41) is 3.05. The van der Waals surface area contributed by atoms with Gasteiger partial charge in [0.1, 0.15) is 11.5 Å². The first-order chi connectivity index (χ1) is 18.8. The number of nitrogens with one attached hydrogen (secondary N) is 1. The molecule has 1 aromatic carbocycles. The first kappa shape index (κ1) is 31.0. The number of carbonyl (C=O) groups excluding carboxylic acids is 1. The molecule has 1 saturated heterocycles. The van der Waals surface area contributed by atoms with Crippen LogP contribution in [0.3, 0.4) is 0 Å². The lowest BCUT2D eigenvalue weighted by Crippen LogP contribution is -2.58. The summed E-state index contributed by atoms with van der Waals surface area (Å²) >= 11 is 0. The van der Waals surface area contributed by atoms with Crippen molar-refractivity contribution in [1.82, 2.24) is 15.2 Å². The zero-order valence-corrected chi connectivity index (χ0v) is 23.3. The summed E-state index contributed by atoms with van der Waals surface area (Å²) in [6.07, 6.45) is -2.82. The van der Waals surface area contributed by atoms with E-state index in [0.717, 1.165) is 22.8 Å². The Morgan fingerprint density at radius 3 is 2.48 bits per heavy atom. The van der Waals surface area contributed by atoms with Crippen molar-refractivity contribution in [3.05, 3.63) is 76.9 Å². The van der Waals surface area contributed by atoms with Gasteiger partial charge >= 0.3 is 6.18 Å². The molecular weight excluding hydrogens is 527 g/mol. The molecule has 1 aliphatic heterocycles. The molecule has 2 atom stereocenters. The van der Waals surface area contributed by atoms with Gasteiger partial charge in [0, 0.05) is 30.4 Å². The number of hydrogen-bond acceptors (Lipinski definition) is 4. The molecule has 2 unspecified atom stereocenters. The van der Waals surface area contributed by atoms with Crippen molar-refractivity contribution in [3.8, 4) is 11.1 Å². The minimum atomic E-state index is -4.56. The van der Waals surface area contributed by atoms with Crippen molar-refractivity contribution in [3.63, 3.8) is 0 Å². The summed E-state index contributed by atoms with van der Waals surface area (Å²) in [5.74, 6) is -4.14. The summed E-state index contributed by atoms with van der Waals surface area (Å²) < 4.78 is 69.3. The van der Waals surface area contributed by atoms with Gasteiger partial charge in [-0.15, -0.1) is 0 Å². The van der Waals surface area contributed by atoms with Crippen LogP contribution >= 0.6 is 0 Å². The van der Waals surface area contributed by atoms with Crippen LogP contribution in [0.2, 0.25) is 0 Å². The number of alkyl halides is 5. The van der Waals surface area contributed by atoms with E-state index >= 15 is 0 Å². The first-order valence-electron chi connectivity index (χ1n) is 13.2. The van der Waals surface area contributed by atoms with Crippen LogP contribution in [0, 0.1) is 12.8 Å². The van der Waals surface area contributed by atoms with Crippen LogP contribution in [0.4, 0.5) is 22.0 Å². The largest absolute Gasteiger partial charge is 0.417 e. The SMILES string of the molecule is C\C=C(/C=N\C(NCC1C(C)CC(F)(F)CN1C(=O)c1nc(C)ccc1-c1ccccc1)=C(\C)CC)C(F)(F)F. The Hall–Kier alpha value is -3.56. The Morgan fingerprint density at radius 2 is 1.88 bits per heavy atom. The second-order valence-electron chi connectivity index (χ2n) is 10.1. The molecule has 2 aromatic rings. The molecular formula is C30H35F5N4O. The molecule has 2 heterocycles. The molecule has 0 bridgehead atoms. The zero-order chi connectivity index (χ0) is 29.7. The molecule has 5 nitrogen and oxygen atoms in total. The van der Waals surface area contributed by atoms with Crippen LogP contribution in [-0.4, -0.2) is 53.2 Å². The summed E-state index contributed by atoms with van der Waals surface area (Å²) in [7, 11) is 0. The number of likely N-dealkylation sites (tertiary alicyclic amines) is 1. The number of aromatic nitrogens is 1. The van der Waals surface area contributed by atoms with E-state index in [0.29, 0.717) is 23.3 Å². The Kier molecular flexibility index (Phi) is 9.87. The highest BCUT2D eigenvalue weighted by molar-refractivity contribution is 5.99. The second kappa shape index (κ2) is 12.7. The average molecular weight is 563 g/mol. The summed E-state index contributed by atoms with van der Waals surface area (Å²) in [4.78, 5) is 23.6. The van der Waals surface area contributed by atoms with E-state index in [1.165, 1.54) is 6.92 Å². The third-order valence-electron chi connectivity index (χ3n) is 7.05. The number of rotatable bonds is 8. The van der Waals surface area contributed by atoms with Gasteiger partial charge in [-0.3, -0.25) is 4.79 Å². The van der Waals surface area contributed by atoms with Crippen molar-refractivity contribution in [1.29, 1.82) is 0 Å². The van der Waals surface area contributed by atoms with Crippen molar-refractivity contribution < 1.29 is 26.7 Å². The summed E-state index contributed by atoms with van der Waals surface area (Å²) in [6, 6.07) is 11.9. The molecule has 3 rings (SSSR count). The molecule has 40 heavy (non-hydrogen) atoms. The maximum atomic E-state index is 14.8. The van der Waals surface area contributed by atoms with Gasteiger partial charge in [0.05, 0.1) is 18.2 Å². The standard InChI is InChI=1S/C30H35F5N4O/c1-6-19(3)27(36-16-23(7-2)30(33,34)35)37-17-25-20(4)15-29(31,32)18-39(25)28(40)26-24(14-13-21(5)38-26)22-11-9-8-10-12-22/h7-14,16,20,25,37H,6,15,17-18H2,1-5H3/b23-7+,27-19+,36-16-. The molecule has 0 spiro atoms. The third kappa shape index (κ3) is 7.55. The predicted molar refractivity (Wildman–Crippen MR) is 147 cm³/mol. The molecule has 1 fully saturated rings. The second-order valence-corrected chi connectivity index (χ2v) is 10.1. The minimum absolute atomic E-state index is 0.0245. The predicted octanol–water partition coefficient (Wildman–Crippen LogP) is 7.35. The number of aryl methyl sites for hydroxylation is 1.